The molecule has 0 radical (unpaired) electrons. The second-order valence-electron chi connectivity index (χ2n) is 5.31. The molecule has 0 aromatic carbocycles. The van der Waals surface area contributed by atoms with Crippen LogP contribution in [0.1, 0.15) is 39.5 Å². The van der Waals surface area contributed by atoms with Crippen LogP contribution in [0.2, 0.25) is 0 Å². The van der Waals surface area contributed by atoms with Crippen LogP contribution in [0.25, 0.3) is 0 Å². The average Bonchev–Trinajstić information content (AvgIpc) is 2.23. The van der Waals surface area contributed by atoms with Crippen molar-refractivity contribution in [2.75, 3.05) is 7.11 Å². The highest BCUT2D eigenvalue weighted by atomic mass is 32.5. The summed E-state index contributed by atoms with van der Waals surface area (Å²) < 4.78 is 110. The molecule has 11 heteroatoms. The maximum absolute atomic E-state index is 13.9. The fourth-order valence-corrected chi connectivity index (χ4v) is 3.75. The number of carbonyl (C=O) groups excluding carboxylic acids is 1. The van der Waals surface area contributed by atoms with Crippen molar-refractivity contribution in [3.63, 3.8) is 0 Å². The summed E-state index contributed by atoms with van der Waals surface area (Å²) >= 11 is 0. The summed E-state index contributed by atoms with van der Waals surface area (Å²) in [4.78, 5) is 10.8. The van der Waals surface area contributed by atoms with E-state index in [-0.39, 0.29) is 6.92 Å². The maximum Gasteiger partial charge on any atom is 0.393 e. The molecule has 2 nitrogen and oxygen atoms in total. The largest absolute Gasteiger partial charge is 0.469 e. The van der Waals surface area contributed by atoms with Crippen LogP contribution in [0, 0.1) is 0 Å². The van der Waals surface area contributed by atoms with Crippen LogP contribution in [0.15, 0.2) is 0 Å². The van der Waals surface area contributed by atoms with Gasteiger partial charge in [-0.05, 0) is 26.7 Å². The van der Waals surface area contributed by atoms with Gasteiger partial charge >= 0.3 is 12.1 Å². The second kappa shape index (κ2) is 5.41. The monoisotopic (exact) mass is 366 g/mol. The van der Waals surface area contributed by atoms with Gasteiger partial charge in [0.1, 0.15) is 0 Å². The molecule has 0 fully saturated rings. The third kappa shape index (κ3) is 4.39. The van der Waals surface area contributed by atoms with Gasteiger partial charge in [-0.1, -0.05) is 0 Å². The summed E-state index contributed by atoms with van der Waals surface area (Å²) in [5.41, 5.74) is 0. The van der Waals surface area contributed by atoms with Gasteiger partial charge < -0.3 is 4.74 Å². The lowest BCUT2D eigenvalue weighted by molar-refractivity contribution is -0.152. The molecule has 0 amide bonds. The summed E-state index contributed by atoms with van der Waals surface area (Å²) in [6, 6.07) is 0. The quantitative estimate of drug-likeness (QED) is 0.422. The molecular weight excluding hydrogens is 348 g/mol. The first-order valence-corrected chi connectivity index (χ1v) is 8.29. The van der Waals surface area contributed by atoms with E-state index in [2.05, 4.69) is 4.74 Å². The summed E-state index contributed by atoms with van der Waals surface area (Å²) in [6.07, 6.45) is -10.5. The molecule has 0 aliphatic carbocycles. The third-order valence-electron chi connectivity index (χ3n) is 3.43. The Labute approximate surface area is 122 Å². The van der Waals surface area contributed by atoms with Gasteiger partial charge in [0.05, 0.1) is 18.8 Å². The van der Waals surface area contributed by atoms with Crippen molar-refractivity contribution in [3.05, 3.63) is 0 Å². The molecule has 0 saturated carbocycles. The van der Waals surface area contributed by atoms with E-state index in [1.54, 1.807) is 0 Å². The number of carbonyl (C=O) groups is 1. The lowest BCUT2D eigenvalue weighted by Gasteiger charge is -2.61. The Morgan fingerprint density at radius 3 is 1.95 bits per heavy atom. The van der Waals surface area contributed by atoms with Gasteiger partial charge in [0.15, 0.2) is 9.84 Å². The number of rotatable bonds is 7. The van der Waals surface area contributed by atoms with E-state index in [1.165, 1.54) is 0 Å². The number of ether oxygens (including phenoxy) is 1. The van der Waals surface area contributed by atoms with Crippen LogP contribution in [-0.4, -0.2) is 29.5 Å². The maximum atomic E-state index is 13.9. The lowest BCUT2D eigenvalue weighted by atomic mass is 10.2. The number of halogens is 8. The minimum Gasteiger partial charge on any atom is -0.469 e. The number of esters is 1. The van der Waals surface area contributed by atoms with Crippen molar-refractivity contribution in [1.29, 1.82) is 0 Å². The van der Waals surface area contributed by atoms with Gasteiger partial charge in [-0.25, -0.2) is 4.39 Å². The highest BCUT2D eigenvalue weighted by molar-refractivity contribution is 8.51. The van der Waals surface area contributed by atoms with E-state index < -0.39 is 64.8 Å². The molecule has 2 atom stereocenters. The predicted molar refractivity (Wildman–Crippen MR) is 67.5 cm³/mol. The zero-order valence-electron chi connectivity index (χ0n) is 12.2. The standard InChI is InChI=1S/C11H18F8O2S/c1-8(5-4-6-9(20)21-3)22(16,17,18,19)10(2,12)7-11(13,14)15/h8H,4-7H2,1-3H3. The van der Waals surface area contributed by atoms with Crippen molar-refractivity contribution >= 4 is 15.8 Å². The Kier molecular flexibility index (Phi) is 5.23. The Morgan fingerprint density at radius 1 is 1.14 bits per heavy atom. The van der Waals surface area contributed by atoms with Crippen molar-refractivity contribution in [3.8, 4) is 0 Å². The number of methoxy groups -OCH3 is 1. The molecule has 0 spiro atoms. The fraction of sp³-hybridized carbons (Fsp3) is 0.909. The zero-order valence-corrected chi connectivity index (χ0v) is 13.0. The van der Waals surface area contributed by atoms with Crippen LogP contribution < -0.4 is 0 Å². The third-order valence-corrected chi connectivity index (χ3v) is 7.21. The summed E-state index contributed by atoms with van der Waals surface area (Å²) in [5.74, 6) is -0.853. The minimum atomic E-state index is -9.70. The first-order valence-electron chi connectivity index (χ1n) is 6.18. The van der Waals surface area contributed by atoms with E-state index >= 15 is 0 Å². The van der Waals surface area contributed by atoms with Crippen LogP contribution in [0.4, 0.5) is 33.1 Å². The molecule has 0 aliphatic heterocycles. The lowest BCUT2D eigenvalue weighted by Crippen LogP contribution is -2.47. The summed E-state index contributed by atoms with van der Waals surface area (Å²) in [6.45, 7) is -0.147. The number of hydrogen-bond acceptors (Lipinski definition) is 2. The minimum absolute atomic E-state index is 0.285. The average molecular weight is 366 g/mol. The van der Waals surface area contributed by atoms with Crippen LogP contribution in [-0.2, 0) is 9.53 Å². The number of alkyl halides is 4. The van der Waals surface area contributed by atoms with Crippen LogP contribution in [0.3, 0.4) is 0 Å². The first-order chi connectivity index (χ1) is 9.37. The summed E-state index contributed by atoms with van der Waals surface area (Å²) in [7, 11) is -8.71. The molecule has 2 unspecified atom stereocenters. The first kappa shape index (κ1) is 21.3. The molecule has 0 saturated heterocycles. The topological polar surface area (TPSA) is 26.3 Å². The molecular formula is C11H18F8O2S. The number of hydrogen-bond donors (Lipinski definition) is 0. The molecule has 0 N–H and O–H groups in total. The predicted octanol–water partition coefficient (Wildman–Crippen LogP) is 5.77. The smallest absolute Gasteiger partial charge is 0.393 e. The highest BCUT2D eigenvalue weighted by Gasteiger charge is 2.81. The summed E-state index contributed by atoms with van der Waals surface area (Å²) in [5, 5.41) is -7.97. The Hall–Kier alpha value is -0.740. The van der Waals surface area contributed by atoms with Crippen molar-refractivity contribution in [2.45, 2.75) is 56.0 Å². The van der Waals surface area contributed by atoms with Crippen molar-refractivity contribution < 1.29 is 42.6 Å². The van der Waals surface area contributed by atoms with Gasteiger partial charge in [-0.15, -0.1) is 15.5 Å². The van der Waals surface area contributed by atoms with Crippen molar-refractivity contribution in [1.82, 2.24) is 0 Å². The van der Waals surface area contributed by atoms with Crippen molar-refractivity contribution in [2.24, 2.45) is 0 Å². The molecule has 0 bridgehead atoms. The second-order valence-corrected chi connectivity index (χ2v) is 9.23. The molecule has 0 heterocycles. The van der Waals surface area contributed by atoms with Gasteiger partial charge in [0, 0.05) is 6.42 Å². The molecule has 0 rings (SSSR count). The molecule has 22 heavy (non-hydrogen) atoms. The molecule has 0 aliphatic rings. The van der Waals surface area contributed by atoms with E-state index in [4.69, 9.17) is 0 Å². The van der Waals surface area contributed by atoms with Gasteiger partial charge in [0.2, 0.25) is 5.00 Å². The van der Waals surface area contributed by atoms with Gasteiger partial charge in [-0.2, -0.15) is 13.2 Å². The fourth-order valence-electron chi connectivity index (χ4n) is 1.80. The van der Waals surface area contributed by atoms with E-state index in [9.17, 15) is 37.9 Å². The Balaban J connectivity index is 5.34. The van der Waals surface area contributed by atoms with Gasteiger partial charge in [0.25, 0.3) is 0 Å². The normalized spacial score (nSPS) is 20.5. The zero-order chi connectivity index (χ0) is 18.1. The Morgan fingerprint density at radius 2 is 1.59 bits per heavy atom. The van der Waals surface area contributed by atoms with E-state index in [0.717, 1.165) is 7.11 Å². The SMILES string of the molecule is COC(=O)CCCC(C)S(F)(F)(F)(F)C(C)(F)CC(F)(F)F. The van der Waals surface area contributed by atoms with E-state index in [0.29, 0.717) is 0 Å². The molecule has 0 aromatic heterocycles. The Bertz CT molecular complexity index is 424. The van der Waals surface area contributed by atoms with E-state index in [1.807, 2.05) is 0 Å². The molecule has 0 aromatic rings. The van der Waals surface area contributed by atoms with Crippen LogP contribution >= 0.6 is 9.84 Å². The van der Waals surface area contributed by atoms with Crippen LogP contribution in [0.5, 0.6) is 0 Å². The molecule has 136 valence electrons. The van der Waals surface area contributed by atoms with Gasteiger partial charge in [-0.3, -0.25) is 4.79 Å². The highest BCUT2D eigenvalue weighted by Crippen LogP contribution is 3.05.